The number of rotatable bonds is 6. The number of hydrogen-bond donors (Lipinski definition) is 1. The molecule has 1 aromatic heterocycles. The molecule has 2 rings (SSSR count). The minimum absolute atomic E-state index is 0.290. The second kappa shape index (κ2) is 7.97. The molecule has 1 amide bonds. The maximum atomic E-state index is 12.2. The molecule has 1 N–H and O–H groups in total. The summed E-state index contributed by atoms with van der Waals surface area (Å²) < 4.78 is 5.57. The quantitative estimate of drug-likeness (QED) is 0.833. The first-order valence-corrected chi connectivity index (χ1v) is 8.50. The molecule has 0 radical (unpaired) electrons. The second-order valence-electron chi connectivity index (χ2n) is 5.21. The lowest BCUT2D eigenvalue weighted by molar-refractivity contribution is -0.122. The van der Waals surface area contributed by atoms with Crippen LogP contribution in [0.15, 0.2) is 23.6 Å². The number of amides is 1. The van der Waals surface area contributed by atoms with Crippen LogP contribution < -0.4 is 10.1 Å². The van der Waals surface area contributed by atoms with Gasteiger partial charge in [0.25, 0.3) is 5.91 Å². The first-order valence-electron chi connectivity index (χ1n) is 6.87. The molecule has 0 aliphatic rings. The molecular formula is C15H17Cl2N3O2S. The third-order valence-corrected chi connectivity index (χ3v) is 4.16. The Labute approximate surface area is 149 Å². The van der Waals surface area contributed by atoms with E-state index in [-0.39, 0.29) is 5.91 Å². The van der Waals surface area contributed by atoms with Gasteiger partial charge in [0.2, 0.25) is 0 Å². The van der Waals surface area contributed by atoms with Gasteiger partial charge < -0.3 is 9.64 Å². The summed E-state index contributed by atoms with van der Waals surface area (Å²) in [5, 5.41) is 6.07. The predicted octanol–water partition coefficient (Wildman–Crippen LogP) is 3.92. The van der Waals surface area contributed by atoms with Gasteiger partial charge in [-0.3, -0.25) is 10.1 Å². The van der Waals surface area contributed by atoms with Crippen LogP contribution in [0.5, 0.6) is 5.75 Å². The predicted molar refractivity (Wildman–Crippen MR) is 94.7 cm³/mol. The first kappa shape index (κ1) is 18.0. The van der Waals surface area contributed by atoms with Gasteiger partial charge in [0, 0.05) is 16.9 Å². The Bertz CT molecular complexity index is 691. The zero-order valence-electron chi connectivity index (χ0n) is 13.0. The van der Waals surface area contributed by atoms with Crippen molar-refractivity contribution in [2.45, 2.75) is 19.6 Å². The third-order valence-electron chi connectivity index (χ3n) is 2.83. The molecule has 1 heterocycles. The van der Waals surface area contributed by atoms with Crippen LogP contribution in [0, 0.1) is 0 Å². The van der Waals surface area contributed by atoms with Crippen LogP contribution in [-0.4, -0.2) is 36.0 Å². The Kier molecular flexibility index (Phi) is 6.24. The van der Waals surface area contributed by atoms with Crippen molar-refractivity contribution >= 4 is 45.6 Å². The Balaban J connectivity index is 1.95. The first-order chi connectivity index (χ1) is 10.8. The molecule has 1 atom stereocenters. The molecule has 0 spiro atoms. The number of ether oxygens (including phenoxy) is 1. The lowest BCUT2D eigenvalue weighted by atomic mass is 10.3. The molecule has 8 heteroatoms. The normalized spacial score (nSPS) is 12.3. The third kappa shape index (κ3) is 5.35. The number of nitrogens with zero attached hydrogens (tertiary/aromatic N) is 2. The molecule has 124 valence electrons. The smallest absolute Gasteiger partial charge is 0.266 e. The fraction of sp³-hybridized carbons (Fsp3) is 0.333. The number of carbonyl (C=O) groups excluding carboxylic acids is 1. The number of benzene rings is 1. The zero-order valence-corrected chi connectivity index (χ0v) is 15.3. The van der Waals surface area contributed by atoms with Crippen LogP contribution in [-0.2, 0) is 11.3 Å². The highest BCUT2D eigenvalue weighted by atomic mass is 35.5. The van der Waals surface area contributed by atoms with Crippen molar-refractivity contribution in [1.29, 1.82) is 0 Å². The molecule has 0 fully saturated rings. The van der Waals surface area contributed by atoms with Crippen LogP contribution in [0.2, 0.25) is 10.0 Å². The second-order valence-corrected chi connectivity index (χ2v) is 6.91. The minimum atomic E-state index is -0.713. The highest BCUT2D eigenvalue weighted by Gasteiger charge is 2.18. The number of aromatic nitrogens is 1. The molecule has 1 aromatic carbocycles. The van der Waals surface area contributed by atoms with E-state index in [0.717, 1.165) is 12.2 Å². The molecule has 5 nitrogen and oxygen atoms in total. The van der Waals surface area contributed by atoms with E-state index in [0.29, 0.717) is 20.9 Å². The van der Waals surface area contributed by atoms with E-state index >= 15 is 0 Å². The standard InChI is InChI=1S/C15H17Cl2N3O2S/c1-9(22-13-5-4-10(16)6-12(13)17)14(21)19-15-18-11(8-23-15)7-20(2)3/h4-6,8-9H,7H2,1-3H3,(H,18,19,21). The van der Waals surface area contributed by atoms with Gasteiger partial charge >= 0.3 is 0 Å². The van der Waals surface area contributed by atoms with Gasteiger partial charge in [0.15, 0.2) is 11.2 Å². The van der Waals surface area contributed by atoms with Crippen molar-refractivity contribution in [1.82, 2.24) is 9.88 Å². The van der Waals surface area contributed by atoms with Crippen molar-refractivity contribution in [3.8, 4) is 5.75 Å². The van der Waals surface area contributed by atoms with E-state index in [1.807, 2.05) is 24.4 Å². The summed E-state index contributed by atoms with van der Waals surface area (Å²) in [7, 11) is 3.92. The maximum absolute atomic E-state index is 12.2. The van der Waals surface area contributed by atoms with Gasteiger partial charge in [-0.25, -0.2) is 4.98 Å². The molecule has 0 aliphatic carbocycles. The molecular weight excluding hydrogens is 357 g/mol. The summed E-state index contributed by atoms with van der Waals surface area (Å²) in [5.74, 6) is 0.118. The highest BCUT2D eigenvalue weighted by Crippen LogP contribution is 2.28. The molecule has 0 saturated heterocycles. The fourth-order valence-corrected chi connectivity index (χ4v) is 2.94. The van der Waals surface area contributed by atoms with Crippen molar-refractivity contribution in [3.05, 3.63) is 39.3 Å². The molecule has 0 saturated carbocycles. The number of halogens is 2. The van der Waals surface area contributed by atoms with Crippen molar-refractivity contribution in [3.63, 3.8) is 0 Å². The number of nitrogens with one attached hydrogen (secondary N) is 1. The molecule has 23 heavy (non-hydrogen) atoms. The van der Waals surface area contributed by atoms with E-state index in [2.05, 4.69) is 10.3 Å². The Morgan fingerprint density at radius 2 is 2.17 bits per heavy atom. The number of thiazole rings is 1. The van der Waals surface area contributed by atoms with Crippen molar-refractivity contribution < 1.29 is 9.53 Å². The summed E-state index contributed by atoms with van der Waals surface area (Å²) in [5.41, 5.74) is 0.907. The highest BCUT2D eigenvalue weighted by molar-refractivity contribution is 7.13. The van der Waals surface area contributed by atoms with Gasteiger partial charge in [-0.05, 0) is 39.2 Å². The molecule has 0 bridgehead atoms. The van der Waals surface area contributed by atoms with Crippen LogP contribution in [0.1, 0.15) is 12.6 Å². The zero-order chi connectivity index (χ0) is 17.0. The van der Waals surface area contributed by atoms with E-state index in [1.54, 1.807) is 25.1 Å². The number of hydrogen-bond acceptors (Lipinski definition) is 5. The van der Waals surface area contributed by atoms with Gasteiger partial charge in [-0.1, -0.05) is 23.2 Å². The summed E-state index contributed by atoms with van der Waals surface area (Å²) in [4.78, 5) is 18.5. The van der Waals surface area contributed by atoms with E-state index in [9.17, 15) is 4.79 Å². The van der Waals surface area contributed by atoms with Crippen molar-refractivity contribution in [2.75, 3.05) is 19.4 Å². The topological polar surface area (TPSA) is 54.5 Å². The van der Waals surface area contributed by atoms with Crippen LogP contribution in [0.25, 0.3) is 0 Å². The Morgan fingerprint density at radius 1 is 1.43 bits per heavy atom. The van der Waals surface area contributed by atoms with Crippen LogP contribution in [0.3, 0.4) is 0 Å². The van der Waals surface area contributed by atoms with E-state index < -0.39 is 6.10 Å². The summed E-state index contributed by atoms with van der Waals surface area (Å²) >= 11 is 13.2. The van der Waals surface area contributed by atoms with Crippen LogP contribution in [0.4, 0.5) is 5.13 Å². The Hall–Kier alpha value is -1.34. The summed E-state index contributed by atoms with van der Waals surface area (Å²) in [6.07, 6.45) is -0.713. The largest absolute Gasteiger partial charge is 0.479 e. The Morgan fingerprint density at radius 3 is 2.83 bits per heavy atom. The lowest BCUT2D eigenvalue weighted by Gasteiger charge is -2.14. The van der Waals surface area contributed by atoms with Crippen LogP contribution >= 0.6 is 34.5 Å². The van der Waals surface area contributed by atoms with E-state index in [4.69, 9.17) is 27.9 Å². The average molecular weight is 374 g/mol. The average Bonchev–Trinajstić information content (AvgIpc) is 2.88. The lowest BCUT2D eigenvalue weighted by Crippen LogP contribution is -2.30. The monoisotopic (exact) mass is 373 g/mol. The van der Waals surface area contributed by atoms with Gasteiger partial charge in [-0.2, -0.15) is 0 Å². The number of carbonyl (C=O) groups is 1. The van der Waals surface area contributed by atoms with Gasteiger partial charge in [0.05, 0.1) is 10.7 Å². The van der Waals surface area contributed by atoms with Gasteiger partial charge in [-0.15, -0.1) is 11.3 Å². The van der Waals surface area contributed by atoms with Gasteiger partial charge in [0.1, 0.15) is 5.75 Å². The molecule has 0 aliphatic heterocycles. The van der Waals surface area contributed by atoms with E-state index in [1.165, 1.54) is 11.3 Å². The summed E-state index contributed by atoms with van der Waals surface area (Å²) in [6, 6.07) is 4.85. The number of anilines is 1. The maximum Gasteiger partial charge on any atom is 0.266 e. The molecule has 2 aromatic rings. The SMILES string of the molecule is CC(Oc1ccc(Cl)cc1Cl)C(=O)Nc1nc(CN(C)C)cs1. The fourth-order valence-electron chi connectivity index (χ4n) is 1.78. The molecule has 1 unspecified atom stereocenters. The summed E-state index contributed by atoms with van der Waals surface area (Å²) in [6.45, 7) is 2.37. The van der Waals surface area contributed by atoms with Crippen molar-refractivity contribution in [2.24, 2.45) is 0 Å². The minimum Gasteiger partial charge on any atom is -0.479 e.